The maximum absolute atomic E-state index is 5.24. The highest BCUT2D eigenvalue weighted by atomic mass is 15.2. The molecule has 21 heavy (non-hydrogen) atoms. The van der Waals surface area contributed by atoms with Crippen molar-refractivity contribution in [2.24, 2.45) is 4.99 Å². The molecule has 0 aliphatic rings. The molecule has 1 aromatic carbocycles. The van der Waals surface area contributed by atoms with E-state index in [0.29, 0.717) is 6.54 Å². The number of terminal acetylenes is 1. The summed E-state index contributed by atoms with van der Waals surface area (Å²) in [6, 6.07) is 10.4. The average molecular weight is 286 g/mol. The normalized spacial score (nSPS) is 10.8. The molecule has 0 radical (unpaired) electrons. The van der Waals surface area contributed by atoms with Gasteiger partial charge < -0.3 is 15.5 Å². The number of para-hydroxylation sites is 1. The van der Waals surface area contributed by atoms with Crippen LogP contribution in [0.5, 0.6) is 0 Å². The van der Waals surface area contributed by atoms with Gasteiger partial charge in [-0.15, -0.1) is 6.42 Å². The van der Waals surface area contributed by atoms with E-state index in [9.17, 15) is 0 Å². The van der Waals surface area contributed by atoms with Gasteiger partial charge in [0.2, 0.25) is 0 Å². The summed E-state index contributed by atoms with van der Waals surface area (Å²) in [7, 11) is 2.12. The monoisotopic (exact) mass is 286 g/mol. The van der Waals surface area contributed by atoms with Gasteiger partial charge in [0.15, 0.2) is 5.96 Å². The molecule has 0 amide bonds. The quantitative estimate of drug-likeness (QED) is 0.333. The van der Waals surface area contributed by atoms with E-state index in [1.807, 2.05) is 13.0 Å². The van der Waals surface area contributed by atoms with E-state index in [4.69, 9.17) is 6.42 Å². The zero-order valence-electron chi connectivity index (χ0n) is 13.1. The van der Waals surface area contributed by atoms with E-state index in [-0.39, 0.29) is 0 Å². The predicted octanol–water partition coefficient (Wildman–Crippen LogP) is 2.09. The Morgan fingerprint density at radius 1 is 1.24 bits per heavy atom. The molecule has 0 aromatic heterocycles. The lowest BCUT2D eigenvalue weighted by Crippen LogP contribution is -2.37. The molecule has 0 fully saturated rings. The number of hydrogen-bond acceptors (Lipinski definition) is 2. The van der Waals surface area contributed by atoms with Crippen LogP contribution in [0, 0.1) is 12.3 Å². The van der Waals surface area contributed by atoms with Crippen molar-refractivity contribution in [3.63, 3.8) is 0 Å². The average Bonchev–Trinajstić information content (AvgIpc) is 2.52. The molecule has 4 nitrogen and oxygen atoms in total. The summed E-state index contributed by atoms with van der Waals surface area (Å²) in [6.45, 7) is 5.23. The van der Waals surface area contributed by atoms with Crippen LogP contribution in [0.4, 0.5) is 5.69 Å². The molecule has 114 valence electrons. The van der Waals surface area contributed by atoms with Crippen molar-refractivity contribution in [1.29, 1.82) is 0 Å². The van der Waals surface area contributed by atoms with Crippen LogP contribution in [0.25, 0.3) is 0 Å². The van der Waals surface area contributed by atoms with E-state index in [1.165, 1.54) is 5.69 Å². The highest BCUT2D eigenvalue weighted by Gasteiger charge is 1.99. The van der Waals surface area contributed by atoms with E-state index in [2.05, 4.69) is 57.8 Å². The third-order valence-corrected chi connectivity index (χ3v) is 3.07. The number of aliphatic imine (C=N–C) groups is 1. The number of nitrogens with one attached hydrogen (secondary N) is 2. The molecule has 0 aliphatic carbocycles. The van der Waals surface area contributed by atoms with Gasteiger partial charge in [0.1, 0.15) is 0 Å². The van der Waals surface area contributed by atoms with Crippen LogP contribution in [0.2, 0.25) is 0 Å². The molecule has 0 heterocycles. The Kier molecular flexibility index (Phi) is 8.54. The van der Waals surface area contributed by atoms with Gasteiger partial charge in [-0.3, -0.25) is 4.99 Å². The maximum atomic E-state index is 5.24. The summed E-state index contributed by atoms with van der Waals surface area (Å²) in [6.07, 6.45) is 7.41. The fraction of sp³-hybridized carbons (Fsp3) is 0.471. The van der Waals surface area contributed by atoms with Gasteiger partial charge in [-0.2, -0.15) is 0 Å². The number of nitrogens with zero attached hydrogens (tertiary/aromatic N) is 2. The van der Waals surface area contributed by atoms with Crippen LogP contribution in [-0.4, -0.2) is 39.2 Å². The van der Waals surface area contributed by atoms with Crippen LogP contribution in [0.1, 0.15) is 19.8 Å². The van der Waals surface area contributed by atoms with E-state index >= 15 is 0 Å². The first-order chi connectivity index (χ1) is 10.3. The second kappa shape index (κ2) is 10.6. The molecule has 2 N–H and O–H groups in total. The van der Waals surface area contributed by atoms with E-state index in [1.54, 1.807) is 0 Å². The zero-order chi connectivity index (χ0) is 15.3. The van der Waals surface area contributed by atoms with Crippen molar-refractivity contribution in [1.82, 2.24) is 10.6 Å². The fourth-order valence-corrected chi connectivity index (χ4v) is 1.94. The van der Waals surface area contributed by atoms with Gasteiger partial charge in [0.05, 0.1) is 6.54 Å². The molecular weight excluding hydrogens is 260 g/mol. The first-order valence-electron chi connectivity index (χ1n) is 7.49. The summed E-state index contributed by atoms with van der Waals surface area (Å²) in [5, 5.41) is 6.26. The number of rotatable bonds is 8. The summed E-state index contributed by atoms with van der Waals surface area (Å²) in [5.74, 6) is 3.35. The number of unbranched alkanes of at least 4 members (excludes halogenated alkanes) is 1. The van der Waals surface area contributed by atoms with Crippen molar-refractivity contribution in [3.8, 4) is 12.3 Å². The van der Waals surface area contributed by atoms with Gasteiger partial charge in [0, 0.05) is 32.4 Å². The first kappa shape index (κ1) is 16.9. The Labute approximate surface area is 128 Å². The zero-order valence-corrected chi connectivity index (χ0v) is 13.1. The lowest BCUT2D eigenvalue weighted by Gasteiger charge is -2.18. The number of guanidine groups is 1. The van der Waals surface area contributed by atoms with Gasteiger partial charge in [-0.1, -0.05) is 24.1 Å². The van der Waals surface area contributed by atoms with Crippen LogP contribution in [-0.2, 0) is 0 Å². The van der Waals surface area contributed by atoms with Gasteiger partial charge in [-0.05, 0) is 31.9 Å². The molecule has 0 unspecified atom stereocenters. The smallest absolute Gasteiger partial charge is 0.192 e. The minimum atomic E-state index is 0.503. The molecule has 0 bridgehead atoms. The standard InChI is InChI=1S/C17H26N4/c1-4-13-19-17(18-5-2)20-14-9-10-15-21(3)16-11-7-6-8-12-16/h1,6-8,11-12H,5,9-10,13-15H2,2-3H3,(H2,18,19,20). The minimum absolute atomic E-state index is 0.503. The lowest BCUT2D eigenvalue weighted by molar-refractivity contribution is 0.722. The topological polar surface area (TPSA) is 39.7 Å². The van der Waals surface area contributed by atoms with Gasteiger partial charge >= 0.3 is 0 Å². The van der Waals surface area contributed by atoms with Crippen LogP contribution in [0.15, 0.2) is 35.3 Å². The summed E-state index contributed by atoms with van der Waals surface area (Å²) in [4.78, 5) is 6.77. The molecule has 4 heteroatoms. The Balaban J connectivity index is 2.24. The Hall–Kier alpha value is -2.15. The Morgan fingerprint density at radius 3 is 2.67 bits per heavy atom. The molecule has 1 aromatic rings. The number of anilines is 1. The van der Waals surface area contributed by atoms with Crippen molar-refractivity contribution in [2.75, 3.05) is 38.1 Å². The van der Waals surface area contributed by atoms with E-state index < -0.39 is 0 Å². The molecule has 1 rings (SSSR count). The molecule has 0 atom stereocenters. The van der Waals surface area contributed by atoms with Crippen molar-refractivity contribution >= 4 is 11.6 Å². The largest absolute Gasteiger partial charge is 0.375 e. The molecule has 0 saturated heterocycles. The third-order valence-electron chi connectivity index (χ3n) is 3.07. The predicted molar refractivity (Wildman–Crippen MR) is 91.8 cm³/mol. The molecule has 0 aliphatic heterocycles. The molecule has 0 spiro atoms. The number of benzene rings is 1. The molecule has 0 saturated carbocycles. The van der Waals surface area contributed by atoms with Gasteiger partial charge in [-0.25, -0.2) is 0 Å². The summed E-state index contributed by atoms with van der Waals surface area (Å²) < 4.78 is 0. The molecular formula is C17H26N4. The van der Waals surface area contributed by atoms with Gasteiger partial charge in [0.25, 0.3) is 0 Å². The van der Waals surface area contributed by atoms with Crippen LogP contribution in [0.3, 0.4) is 0 Å². The fourth-order valence-electron chi connectivity index (χ4n) is 1.94. The second-order valence-electron chi connectivity index (χ2n) is 4.78. The van der Waals surface area contributed by atoms with Crippen molar-refractivity contribution in [3.05, 3.63) is 30.3 Å². The first-order valence-corrected chi connectivity index (χ1v) is 7.49. The third kappa shape index (κ3) is 7.26. The second-order valence-corrected chi connectivity index (χ2v) is 4.78. The van der Waals surface area contributed by atoms with Crippen LogP contribution >= 0.6 is 0 Å². The highest BCUT2D eigenvalue weighted by Crippen LogP contribution is 2.11. The number of hydrogen-bond donors (Lipinski definition) is 2. The summed E-state index contributed by atoms with van der Waals surface area (Å²) in [5.41, 5.74) is 1.25. The van der Waals surface area contributed by atoms with E-state index in [0.717, 1.165) is 38.4 Å². The van der Waals surface area contributed by atoms with Crippen molar-refractivity contribution < 1.29 is 0 Å². The highest BCUT2D eigenvalue weighted by molar-refractivity contribution is 5.79. The minimum Gasteiger partial charge on any atom is -0.375 e. The summed E-state index contributed by atoms with van der Waals surface area (Å²) >= 11 is 0. The maximum Gasteiger partial charge on any atom is 0.192 e. The Bertz CT molecular complexity index is 448. The SMILES string of the molecule is C#CCNC(=NCCCCN(C)c1ccccc1)NCC. The van der Waals surface area contributed by atoms with Crippen molar-refractivity contribution in [2.45, 2.75) is 19.8 Å². The van der Waals surface area contributed by atoms with Crippen LogP contribution < -0.4 is 15.5 Å². The lowest BCUT2D eigenvalue weighted by atomic mass is 10.2. The Morgan fingerprint density at radius 2 is 2.00 bits per heavy atom.